The zero-order chi connectivity index (χ0) is 15.0. The first-order chi connectivity index (χ1) is 10.1. The third-order valence-electron chi connectivity index (χ3n) is 3.88. The molecule has 5 nitrogen and oxygen atoms in total. The van der Waals surface area contributed by atoms with E-state index in [-0.39, 0.29) is 11.9 Å². The van der Waals surface area contributed by atoms with Gasteiger partial charge < -0.3 is 15.0 Å². The lowest BCUT2D eigenvalue weighted by molar-refractivity contribution is -0.0335. The molecular weight excluding hydrogens is 386 g/mol. The quantitative estimate of drug-likeness (QED) is 0.797. The topological polar surface area (TPSA) is 56.3 Å². The molecule has 2 N–H and O–H groups in total. The number of aromatic nitrogens is 2. The van der Waals surface area contributed by atoms with Crippen LogP contribution in [0.2, 0.25) is 0 Å². The van der Waals surface area contributed by atoms with Crippen LogP contribution in [-0.2, 0) is 11.3 Å². The van der Waals surface area contributed by atoms with Crippen molar-refractivity contribution in [3.05, 3.63) is 21.5 Å². The van der Waals surface area contributed by atoms with Gasteiger partial charge in [0.15, 0.2) is 0 Å². The molecule has 0 saturated carbocycles. The molecule has 1 aliphatic rings. The number of imidazole rings is 1. The number of ether oxygens (including phenoxy) is 1. The van der Waals surface area contributed by atoms with E-state index >= 15 is 0 Å². The van der Waals surface area contributed by atoms with Gasteiger partial charge in [-0.25, -0.2) is 9.37 Å². The summed E-state index contributed by atoms with van der Waals surface area (Å²) in [6.45, 7) is 6.28. The number of morpholine rings is 1. The number of halogens is 2. The van der Waals surface area contributed by atoms with Gasteiger partial charge in [-0.1, -0.05) is 6.92 Å². The summed E-state index contributed by atoms with van der Waals surface area (Å²) in [5.74, 6) is 0.160. The van der Waals surface area contributed by atoms with Crippen molar-refractivity contribution < 1.29 is 9.13 Å². The van der Waals surface area contributed by atoms with Gasteiger partial charge in [0.25, 0.3) is 0 Å². The van der Waals surface area contributed by atoms with E-state index in [1.807, 2.05) is 27.2 Å². The number of likely N-dealkylation sites (N-methyl/N-ethyl adjacent to an activating group) is 1. The van der Waals surface area contributed by atoms with Crippen LogP contribution in [0, 0.1) is 9.39 Å². The van der Waals surface area contributed by atoms with Crippen LogP contribution in [0.5, 0.6) is 0 Å². The Balaban J connectivity index is 1.89. The fraction of sp³-hybridized carbons (Fsp3) is 0.500. The normalized spacial score (nSPS) is 20.2. The average molecular weight is 404 g/mol. The zero-order valence-electron chi connectivity index (χ0n) is 11.9. The highest BCUT2D eigenvalue weighted by molar-refractivity contribution is 14.1. The monoisotopic (exact) mass is 404 g/mol. The number of nitrogens with zero attached hydrogens (tertiary/aromatic N) is 3. The Labute approximate surface area is 136 Å². The Morgan fingerprint density at radius 2 is 2.33 bits per heavy atom. The van der Waals surface area contributed by atoms with E-state index in [1.165, 1.54) is 6.07 Å². The first-order valence-electron chi connectivity index (χ1n) is 7.03. The van der Waals surface area contributed by atoms with Gasteiger partial charge in [0.2, 0.25) is 5.95 Å². The number of hydrogen-bond acceptors (Lipinski definition) is 4. The lowest BCUT2D eigenvalue weighted by Crippen LogP contribution is -2.44. The van der Waals surface area contributed by atoms with Crippen LogP contribution in [-0.4, -0.2) is 46.8 Å². The molecule has 0 amide bonds. The Morgan fingerprint density at radius 3 is 3.10 bits per heavy atom. The number of benzene rings is 1. The minimum Gasteiger partial charge on any atom is -0.374 e. The summed E-state index contributed by atoms with van der Waals surface area (Å²) in [7, 11) is 0. The van der Waals surface area contributed by atoms with E-state index in [1.54, 1.807) is 6.07 Å². The number of fused-ring (bicyclic) bond motifs is 1. The minimum absolute atomic E-state index is 0.0562. The van der Waals surface area contributed by atoms with Gasteiger partial charge in [0.05, 0.1) is 33.9 Å². The number of hydrogen-bond donors (Lipinski definition) is 1. The Kier molecular flexibility index (Phi) is 4.32. The molecule has 1 unspecified atom stereocenters. The molecule has 1 saturated heterocycles. The molecule has 1 aromatic carbocycles. The van der Waals surface area contributed by atoms with Gasteiger partial charge in [-0.05, 0) is 35.2 Å². The van der Waals surface area contributed by atoms with E-state index in [4.69, 9.17) is 10.5 Å². The van der Waals surface area contributed by atoms with Crippen LogP contribution < -0.4 is 5.73 Å². The van der Waals surface area contributed by atoms with E-state index in [9.17, 15) is 4.39 Å². The van der Waals surface area contributed by atoms with Gasteiger partial charge in [0.1, 0.15) is 5.82 Å². The van der Waals surface area contributed by atoms with Crippen LogP contribution in [0.1, 0.15) is 6.92 Å². The maximum absolute atomic E-state index is 13.8. The van der Waals surface area contributed by atoms with Crippen LogP contribution in [0.15, 0.2) is 12.1 Å². The van der Waals surface area contributed by atoms with E-state index < -0.39 is 0 Å². The highest BCUT2D eigenvalue weighted by atomic mass is 127. The minimum atomic E-state index is -0.246. The molecule has 0 radical (unpaired) electrons. The predicted molar refractivity (Wildman–Crippen MR) is 88.7 cm³/mol. The highest BCUT2D eigenvalue weighted by Crippen LogP contribution is 2.24. The third kappa shape index (κ3) is 3.00. The van der Waals surface area contributed by atoms with Crippen molar-refractivity contribution in [3.8, 4) is 0 Å². The van der Waals surface area contributed by atoms with Crippen molar-refractivity contribution in [1.82, 2.24) is 14.5 Å². The molecular formula is C14H18FIN4O. The van der Waals surface area contributed by atoms with Crippen molar-refractivity contribution in [2.75, 3.05) is 32.0 Å². The van der Waals surface area contributed by atoms with Crippen LogP contribution in [0.3, 0.4) is 0 Å². The van der Waals surface area contributed by atoms with Crippen molar-refractivity contribution in [2.24, 2.45) is 0 Å². The summed E-state index contributed by atoms with van der Waals surface area (Å²) in [5.41, 5.74) is 7.44. The molecule has 1 aromatic heterocycles. The van der Waals surface area contributed by atoms with Gasteiger partial charge >= 0.3 is 0 Å². The van der Waals surface area contributed by atoms with Crippen molar-refractivity contribution >= 4 is 39.6 Å². The summed E-state index contributed by atoms with van der Waals surface area (Å²) < 4.78 is 22.0. The maximum Gasteiger partial charge on any atom is 0.201 e. The molecule has 7 heteroatoms. The highest BCUT2D eigenvalue weighted by Gasteiger charge is 2.22. The molecule has 2 aromatic rings. The molecule has 21 heavy (non-hydrogen) atoms. The number of anilines is 1. The molecule has 114 valence electrons. The number of nitrogens with two attached hydrogens (primary N) is 1. The first-order valence-corrected chi connectivity index (χ1v) is 8.11. The average Bonchev–Trinajstić information content (AvgIpc) is 2.76. The van der Waals surface area contributed by atoms with Crippen molar-refractivity contribution in [3.63, 3.8) is 0 Å². The molecule has 0 bridgehead atoms. The van der Waals surface area contributed by atoms with Gasteiger partial charge in [-0.15, -0.1) is 0 Å². The Morgan fingerprint density at radius 1 is 1.52 bits per heavy atom. The first kappa shape index (κ1) is 15.0. The van der Waals surface area contributed by atoms with E-state index in [2.05, 4.69) is 16.8 Å². The Bertz CT molecular complexity index is 660. The molecule has 1 atom stereocenters. The summed E-state index contributed by atoms with van der Waals surface area (Å²) in [5, 5.41) is 0. The largest absolute Gasteiger partial charge is 0.374 e. The maximum atomic E-state index is 13.8. The third-order valence-corrected chi connectivity index (χ3v) is 4.70. The lowest BCUT2D eigenvalue weighted by Gasteiger charge is -2.32. The Hall–Kier alpha value is -0.930. The zero-order valence-corrected chi connectivity index (χ0v) is 14.0. The lowest BCUT2D eigenvalue weighted by atomic mass is 10.2. The standard InChI is InChI=1S/C14H18FIN4O/c1-2-19-3-4-21-9(7-19)8-20-13-5-10(15)11(16)6-12(13)18-14(20)17/h5-6,9H,2-4,7-8H2,1H3,(H2,17,18). The molecule has 0 spiro atoms. The van der Waals surface area contributed by atoms with Gasteiger partial charge in [0, 0.05) is 19.2 Å². The second-order valence-corrected chi connectivity index (χ2v) is 6.38. The molecule has 1 fully saturated rings. The fourth-order valence-corrected chi connectivity index (χ4v) is 3.16. The van der Waals surface area contributed by atoms with Gasteiger partial charge in [-0.3, -0.25) is 4.90 Å². The van der Waals surface area contributed by atoms with Crippen LogP contribution in [0.25, 0.3) is 11.0 Å². The molecule has 0 aliphatic carbocycles. The second kappa shape index (κ2) is 6.05. The summed E-state index contributed by atoms with van der Waals surface area (Å²) in [4.78, 5) is 6.66. The van der Waals surface area contributed by atoms with Crippen LogP contribution >= 0.6 is 22.6 Å². The van der Waals surface area contributed by atoms with Gasteiger partial charge in [-0.2, -0.15) is 0 Å². The number of nitrogen functional groups attached to an aromatic ring is 1. The van der Waals surface area contributed by atoms with Crippen molar-refractivity contribution in [1.29, 1.82) is 0 Å². The van der Waals surface area contributed by atoms with Crippen LogP contribution in [0.4, 0.5) is 10.3 Å². The fourth-order valence-electron chi connectivity index (χ4n) is 2.71. The molecule has 2 heterocycles. The molecule has 3 rings (SSSR count). The number of rotatable bonds is 3. The predicted octanol–water partition coefficient (Wildman–Crippen LogP) is 2.08. The van der Waals surface area contributed by atoms with Crippen molar-refractivity contribution in [2.45, 2.75) is 19.6 Å². The smallest absolute Gasteiger partial charge is 0.201 e. The summed E-state index contributed by atoms with van der Waals surface area (Å²) in [6.07, 6.45) is 0.0562. The summed E-state index contributed by atoms with van der Waals surface area (Å²) in [6, 6.07) is 3.22. The molecule has 1 aliphatic heterocycles. The summed E-state index contributed by atoms with van der Waals surface area (Å²) >= 11 is 1.96. The second-order valence-electron chi connectivity index (χ2n) is 5.22. The SMILES string of the molecule is CCN1CCOC(Cn2c(N)nc3cc(I)c(F)cc32)C1. The van der Waals surface area contributed by atoms with E-state index in [0.29, 0.717) is 16.1 Å². The van der Waals surface area contributed by atoms with E-state index in [0.717, 1.165) is 37.3 Å².